The van der Waals surface area contributed by atoms with Crippen LogP contribution in [-0.4, -0.2) is 24.2 Å². The zero-order valence-electron chi connectivity index (χ0n) is 12.8. The molecular weight excluding hydrogens is 260 g/mol. The van der Waals surface area contributed by atoms with Crippen LogP contribution in [0.15, 0.2) is 30.3 Å². The molecule has 0 bridgehead atoms. The maximum Gasteiger partial charge on any atom is 0.129 e. The van der Waals surface area contributed by atoms with Gasteiger partial charge in [0.15, 0.2) is 0 Å². The highest BCUT2D eigenvalue weighted by molar-refractivity contribution is 5.81. The number of rotatable bonds is 5. The summed E-state index contributed by atoms with van der Waals surface area (Å²) < 4.78 is 5.94. The largest absolute Gasteiger partial charge is 0.376 e. The molecule has 0 atom stereocenters. The molecule has 3 heteroatoms. The van der Waals surface area contributed by atoms with Crippen molar-refractivity contribution < 1.29 is 4.74 Å². The van der Waals surface area contributed by atoms with E-state index in [9.17, 15) is 0 Å². The molecule has 112 valence electrons. The zero-order valence-corrected chi connectivity index (χ0v) is 12.8. The maximum absolute atomic E-state index is 5.94. The van der Waals surface area contributed by atoms with Crippen LogP contribution >= 0.6 is 0 Å². The Kier molecular flexibility index (Phi) is 4.71. The van der Waals surface area contributed by atoms with Crippen LogP contribution in [0, 0.1) is 6.92 Å². The van der Waals surface area contributed by atoms with Crippen LogP contribution in [0.4, 0.5) is 5.82 Å². The van der Waals surface area contributed by atoms with Crippen molar-refractivity contribution in [2.75, 3.05) is 18.5 Å². The van der Waals surface area contributed by atoms with E-state index in [4.69, 9.17) is 9.72 Å². The van der Waals surface area contributed by atoms with Gasteiger partial charge in [-0.3, -0.25) is 0 Å². The normalized spacial score (nSPS) is 16.2. The number of benzene rings is 1. The average Bonchev–Trinajstić information content (AvgIpc) is 2.53. The number of nitrogens with zero attached hydrogens (tertiary/aromatic N) is 1. The van der Waals surface area contributed by atoms with Crippen LogP contribution in [-0.2, 0) is 4.74 Å². The van der Waals surface area contributed by atoms with E-state index in [0.717, 1.165) is 24.5 Å². The molecular formula is C18H24N2O. The minimum absolute atomic E-state index is 0.478. The van der Waals surface area contributed by atoms with Crippen molar-refractivity contribution in [3.8, 4) is 0 Å². The standard InChI is InChI=1S/C18H24N2O/c1-14-13-15-7-5-6-10-17(15)20-18(14)19-11-12-21-16-8-3-2-4-9-16/h5-7,10,13,16H,2-4,8-9,11-12H2,1H3,(H,19,20). The molecule has 1 aliphatic rings. The third-order valence-electron chi connectivity index (χ3n) is 4.21. The van der Waals surface area contributed by atoms with E-state index in [0.29, 0.717) is 6.10 Å². The SMILES string of the molecule is Cc1cc2ccccc2nc1NCCOC1CCCCC1. The molecule has 1 aromatic heterocycles. The fourth-order valence-corrected chi connectivity index (χ4v) is 3.03. The summed E-state index contributed by atoms with van der Waals surface area (Å²) in [5, 5.41) is 4.60. The molecule has 0 radical (unpaired) electrons. The monoisotopic (exact) mass is 284 g/mol. The van der Waals surface area contributed by atoms with Gasteiger partial charge in [0.1, 0.15) is 5.82 Å². The van der Waals surface area contributed by atoms with E-state index in [1.807, 2.05) is 6.07 Å². The summed E-state index contributed by atoms with van der Waals surface area (Å²) in [5.41, 5.74) is 2.23. The number of aromatic nitrogens is 1. The molecule has 21 heavy (non-hydrogen) atoms. The molecule has 0 amide bonds. The number of ether oxygens (including phenoxy) is 1. The van der Waals surface area contributed by atoms with Gasteiger partial charge in [-0.15, -0.1) is 0 Å². The van der Waals surface area contributed by atoms with Crippen LogP contribution < -0.4 is 5.32 Å². The van der Waals surface area contributed by atoms with E-state index < -0.39 is 0 Å². The number of pyridine rings is 1. The Morgan fingerprint density at radius 1 is 1.19 bits per heavy atom. The molecule has 2 aromatic rings. The van der Waals surface area contributed by atoms with E-state index in [1.54, 1.807) is 0 Å². The summed E-state index contributed by atoms with van der Waals surface area (Å²) in [6.45, 7) is 3.69. The van der Waals surface area contributed by atoms with Crippen LogP contribution in [0.3, 0.4) is 0 Å². The third kappa shape index (κ3) is 3.73. The van der Waals surface area contributed by atoms with Crippen LogP contribution in [0.1, 0.15) is 37.7 Å². The molecule has 3 rings (SSSR count). The maximum atomic E-state index is 5.94. The highest BCUT2D eigenvalue weighted by Gasteiger charge is 2.13. The molecule has 1 heterocycles. The van der Waals surface area contributed by atoms with E-state index in [1.165, 1.54) is 43.1 Å². The van der Waals surface area contributed by atoms with Gasteiger partial charge in [0.2, 0.25) is 0 Å². The van der Waals surface area contributed by atoms with E-state index in [2.05, 4.69) is 36.5 Å². The van der Waals surface area contributed by atoms with Gasteiger partial charge in [0.05, 0.1) is 18.2 Å². The number of hydrogen-bond acceptors (Lipinski definition) is 3. The van der Waals surface area contributed by atoms with Gasteiger partial charge in [-0.2, -0.15) is 0 Å². The van der Waals surface area contributed by atoms with Crippen LogP contribution in [0.2, 0.25) is 0 Å². The topological polar surface area (TPSA) is 34.2 Å². The van der Waals surface area contributed by atoms with Gasteiger partial charge in [0, 0.05) is 11.9 Å². The first-order valence-corrected chi connectivity index (χ1v) is 8.05. The second kappa shape index (κ2) is 6.90. The predicted molar refractivity (Wildman–Crippen MR) is 87.8 cm³/mol. The molecule has 0 saturated heterocycles. The Morgan fingerprint density at radius 3 is 2.86 bits per heavy atom. The number of anilines is 1. The first-order chi connectivity index (χ1) is 10.3. The lowest BCUT2D eigenvalue weighted by Crippen LogP contribution is -2.20. The molecule has 0 aliphatic heterocycles. The predicted octanol–water partition coefficient (Wildman–Crippen LogP) is 4.30. The van der Waals surface area contributed by atoms with Crippen molar-refractivity contribution in [1.29, 1.82) is 0 Å². The van der Waals surface area contributed by atoms with Gasteiger partial charge in [-0.1, -0.05) is 37.5 Å². The smallest absolute Gasteiger partial charge is 0.129 e. The number of aryl methyl sites for hydroxylation is 1. The second-order valence-electron chi connectivity index (χ2n) is 5.90. The van der Waals surface area contributed by atoms with E-state index >= 15 is 0 Å². The number of hydrogen-bond donors (Lipinski definition) is 1. The minimum Gasteiger partial charge on any atom is -0.376 e. The number of nitrogens with one attached hydrogen (secondary N) is 1. The molecule has 1 aliphatic carbocycles. The summed E-state index contributed by atoms with van der Waals surface area (Å²) in [6.07, 6.45) is 6.96. The second-order valence-corrected chi connectivity index (χ2v) is 5.90. The quantitative estimate of drug-likeness (QED) is 0.831. The molecule has 3 nitrogen and oxygen atoms in total. The fourth-order valence-electron chi connectivity index (χ4n) is 3.03. The molecule has 1 fully saturated rings. The molecule has 0 unspecified atom stereocenters. The third-order valence-corrected chi connectivity index (χ3v) is 4.21. The van der Waals surface area contributed by atoms with Crippen LogP contribution in [0.25, 0.3) is 10.9 Å². The van der Waals surface area contributed by atoms with E-state index in [-0.39, 0.29) is 0 Å². The number of fused-ring (bicyclic) bond motifs is 1. The van der Waals surface area contributed by atoms with Crippen molar-refractivity contribution >= 4 is 16.7 Å². The van der Waals surface area contributed by atoms with Crippen molar-refractivity contribution in [3.63, 3.8) is 0 Å². The highest BCUT2D eigenvalue weighted by atomic mass is 16.5. The van der Waals surface area contributed by atoms with Gasteiger partial charge in [-0.05, 0) is 37.5 Å². The Labute approximate surface area is 126 Å². The Bertz CT molecular complexity index is 591. The summed E-state index contributed by atoms with van der Waals surface area (Å²) in [5.74, 6) is 0.973. The number of para-hydroxylation sites is 1. The highest BCUT2D eigenvalue weighted by Crippen LogP contribution is 2.21. The van der Waals surface area contributed by atoms with Crippen molar-refractivity contribution in [3.05, 3.63) is 35.9 Å². The fraction of sp³-hybridized carbons (Fsp3) is 0.500. The Hall–Kier alpha value is -1.61. The molecule has 1 N–H and O–H groups in total. The van der Waals surface area contributed by atoms with Crippen molar-refractivity contribution in [2.24, 2.45) is 0 Å². The Balaban J connectivity index is 1.53. The summed E-state index contributed by atoms with van der Waals surface area (Å²) in [4.78, 5) is 4.69. The first-order valence-electron chi connectivity index (χ1n) is 8.05. The minimum atomic E-state index is 0.478. The molecule has 0 spiro atoms. The Morgan fingerprint density at radius 2 is 2.00 bits per heavy atom. The zero-order chi connectivity index (χ0) is 14.5. The lowest BCUT2D eigenvalue weighted by molar-refractivity contribution is 0.0347. The van der Waals surface area contributed by atoms with Gasteiger partial charge >= 0.3 is 0 Å². The van der Waals surface area contributed by atoms with Crippen LogP contribution in [0.5, 0.6) is 0 Å². The molecule has 1 aromatic carbocycles. The lowest BCUT2D eigenvalue weighted by atomic mass is 9.98. The van der Waals surface area contributed by atoms with Gasteiger partial charge in [0.25, 0.3) is 0 Å². The molecule has 1 saturated carbocycles. The summed E-state index contributed by atoms with van der Waals surface area (Å²) >= 11 is 0. The van der Waals surface area contributed by atoms with Crippen molar-refractivity contribution in [1.82, 2.24) is 4.98 Å². The lowest BCUT2D eigenvalue weighted by Gasteiger charge is -2.22. The van der Waals surface area contributed by atoms with Gasteiger partial charge < -0.3 is 10.1 Å². The summed E-state index contributed by atoms with van der Waals surface area (Å²) in [6, 6.07) is 10.4. The summed E-state index contributed by atoms with van der Waals surface area (Å²) in [7, 11) is 0. The first kappa shape index (κ1) is 14.3. The average molecular weight is 284 g/mol. The van der Waals surface area contributed by atoms with Gasteiger partial charge in [-0.25, -0.2) is 4.98 Å². The van der Waals surface area contributed by atoms with Crippen molar-refractivity contribution in [2.45, 2.75) is 45.1 Å².